The maximum absolute atomic E-state index is 9.37. The first kappa shape index (κ1) is 9.08. The SMILES string of the molecule is CCc1nnc2ccc([C@H](C)O)nn12. The highest BCUT2D eigenvalue weighted by molar-refractivity contribution is 5.36. The van der Waals surface area contributed by atoms with E-state index >= 15 is 0 Å². The predicted octanol–water partition coefficient (Wildman–Crippen LogP) is 0.740. The zero-order valence-corrected chi connectivity index (χ0v) is 8.18. The standard InChI is InChI=1S/C9H12N4O/c1-3-8-10-11-9-5-4-7(6(2)14)12-13(8)9/h4-6,14H,3H2,1-2H3/t6-/m0/s1. The molecule has 0 amide bonds. The highest BCUT2D eigenvalue weighted by Crippen LogP contribution is 2.10. The summed E-state index contributed by atoms with van der Waals surface area (Å²) in [6.07, 6.45) is 0.212. The van der Waals surface area contributed by atoms with Crippen LogP contribution in [-0.4, -0.2) is 24.9 Å². The van der Waals surface area contributed by atoms with E-state index in [0.717, 1.165) is 12.2 Å². The summed E-state index contributed by atoms with van der Waals surface area (Å²) in [7, 11) is 0. The van der Waals surface area contributed by atoms with Crippen molar-refractivity contribution in [1.82, 2.24) is 19.8 Å². The van der Waals surface area contributed by atoms with Gasteiger partial charge in [-0.25, -0.2) is 0 Å². The summed E-state index contributed by atoms with van der Waals surface area (Å²) in [5, 5.41) is 21.6. The molecule has 5 nitrogen and oxygen atoms in total. The van der Waals surface area contributed by atoms with Gasteiger partial charge in [0.15, 0.2) is 11.5 Å². The Morgan fingerprint density at radius 3 is 2.86 bits per heavy atom. The lowest BCUT2D eigenvalue weighted by atomic mass is 10.3. The average Bonchev–Trinajstić information content (AvgIpc) is 2.59. The third-order valence-electron chi connectivity index (χ3n) is 2.09. The molecule has 0 spiro atoms. The monoisotopic (exact) mass is 192 g/mol. The second kappa shape index (κ2) is 3.34. The van der Waals surface area contributed by atoms with Gasteiger partial charge in [-0.05, 0) is 19.1 Å². The van der Waals surface area contributed by atoms with Gasteiger partial charge in [-0.2, -0.15) is 9.61 Å². The van der Waals surface area contributed by atoms with Crippen LogP contribution in [0.3, 0.4) is 0 Å². The summed E-state index contributed by atoms with van der Waals surface area (Å²) in [6, 6.07) is 3.56. The normalized spacial score (nSPS) is 13.4. The third-order valence-corrected chi connectivity index (χ3v) is 2.09. The molecule has 0 aliphatic carbocycles. The Balaban J connectivity index is 2.61. The minimum absolute atomic E-state index is 0.563. The summed E-state index contributed by atoms with van der Waals surface area (Å²) >= 11 is 0. The summed E-state index contributed by atoms with van der Waals surface area (Å²) in [5.41, 5.74) is 1.35. The molecule has 0 saturated heterocycles. The number of aryl methyl sites for hydroxylation is 1. The van der Waals surface area contributed by atoms with Gasteiger partial charge >= 0.3 is 0 Å². The molecular weight excluding hydrogens is 180 g/mol. The highest BCUT2D eigenvalue weighted by atomic mass is 16.3. The molecule has 5 heteroatoms. The summed E-state index contributed by atoms with van der Waals surface area (Å²) in [6.45, 7) is 3.68. The molecule has 2 heterocycles. The molecule has 0 aromatic carbocycles. The van der Waals surface area contributed by atoms with Gasteiger partial charge in [-0.1, -0.05) is 6.92 Å². The zero-order chi connectivity index (χ0) is 10.1. The summed E-state index contributed by atoms with van der Waals surface area (Å²) in [5.74, 6) is 0.808. The first-order chi connectivity index (χ1) is 6.72. The van der Waals surface area contributed by atoms with Crippen molar-refractivity contribution in [2.45, 2.75) is 26.4 Å². The van der Waals surface area contributed by atoms with Crippen molar-refractivity contribution in [2.75, 3.05) is 0 Å². The number of hydrogen-bond acceptors (Lipinski definition) is 4. The lowest BCUT2D eigenvalue weighted by Crippen LogP contribution is -2.03. The second-order valence-electron chi connectivity index (χ2n) is 3.17. The van der Waals surface area contributed by atoms with Crippen molar-refractivity contribution in [1.29, 1.82) is 0 Å². The van der Waals surface area contributed by atoms with E-state index < -0.39 is 6.10 Å². The van der Waals surface area contributed by atoms with Gasteiger partial charge in [0.25, 0.3) is 0 Å². The number of aliphatic hydroxyl groups excluding tert-OH is 1. The fourth-order valence-electron chi connectivity index (χ4n) is 1.29. The Bertz CT molecular complexity index is 449. The van der Waals surface area contributed by atoms with Gasteiger partial charge in [-0.3, -0.25) is 0 Å². The van der Waals surface area contributed by atoms with Crippen LogP contribution in [0.5, 0.6) is 0 Å². The molecule has 74 valence electrons. The van der Waals surface area contributed by atoms with Gasteiger partial charge in [0.05, 0.1) is 11.8 Å². The van der Waals surface area contributed by atoms with Gasteiger partial charge < -0.3 is 5.11 Å². The molecule has 2 aromatic rings. The van der Waals surface area contributed by atoms with Crippen LogP contribution >= 0.6 is 0 Å². The van der Waals surface area contributed by atoms with Crippen molar-refractivity contribution in [3.05, 3.63) is 23.7 Å². The lowest BCUT2D eigenvalue weighted by Gasteiger charge is -2.03. The third kappa shape index (κ3) is 1.35. The molecule has 0 aliphatic rings. The summed E-state index contributed by atoms with van der Waals surface area (Å²) in [4.78, 5) is 0. The Morgan fingerprint density at radius 2 is 2.21 bits per heavy atom. The highest BCUT2D eigenvalue weighted by Gasteiger charge is 2.07. The van der Waals surface area contributed by atoms with Crippen molar-refractivity contribution in [3.63, 3.8) is 0 Å². The van der Waals surface area contributed by atoms with Crippen LogP contribution in [-0.2, 0) is 6.42 Å². The van der Waals surface area contributed by atoms with Gasteiger partial charge in [0, 0.05) is 6.42 Å². The number of rotatable bonds is 2. The fourth-order valence-corrected chi connectivity index (χ4v) is 1.29. The van der Waals surface area contributed by atoms with Crippen LogP contribution in [0.15, 0.2) is 12.1 Å². The van der Waals surface area contributed by atoms with Crippen molar-refractivity contribution in [3.8, 4) is 0 Å². The number of aromatic nitrogens is 4. The van der Waals surface area contributed by atoms with E-state index in [1.165, 1.54) is 0 Å². The molecule has 0 unspecified atom stereocenters. The Kier molecular flexibility index (Phi) is 2.17. The molecule has 0 fully saturated rings. The van der Waals surface area contributed by atoms with E-state index in [-0.39, 0.29) is 0 Å². The quantitative estimate of drug-likeness (QED) is 0.762. The molecular formula is C9H12N4O. The van der Waals surface area contributed by atoms with Crippen LogP contribution in [0.4, 0.5) is 0 Å². The molecule has 2 rings (SSSR count). The Morgan fingerprint density at radius 1 is 1.43 bits per heavy atom. The molecule has 14 heavy (non-hydrogen) atoms. The smallest absolute Gasteiger partial charge is 0.177 e. The average molecular weight is 192 g/mol. The van der Waals surface area contributed by atoms with Crippen LogP contribution in [0.2, 0.25) is 0 Å². The molecule has 0 bridgehead atoms. The van der Waals surface area contributed by atoms with E-state index in [2.05, 4.69) is 15.3 Å². The molecule has 1 N–H and O–H groups in total. The maximum Gasteiger partial charge on any atom is 0.177 e. The van der Waals surface area contributed by atoms with E-state index in [0.29, 0.717) is 11.3 Å². The minimum atomic E-state index is -0.563. The van der Waals surface area contributed by atoms with Crippen LogP contribution in [0, 0.1) is 0 Å². The molecule has 2 aromatic heterocycles. The molecule has 0 radical (unpaired) electrons. The topological polar surface area (TPSA) is 63.3 Å². The zero-order valence-electron chi connectivity index (χ0n) is 8.18. The van der Waals surface area contributed by atoms with E-state index in [1.54, 1.807) is 23.6 Å². The van der Waals surface area contributed by atoms with Gasteiger partial charge in [-0.15, -0.1) is 10.2 Å². The first-order valence-electron chi connectivity index (χ1n) is 4.61. The van der Waals surface area contributed by atoms with Gasteiger partial charge in [0.1, 0.15) is 0 Å². The number of nitrogens with zero attached hydrogens (tertiary/aromatic N) is 4. The van der Waals surface area contributed by atoms with E-state index in [4.69, 9.17) is 0 Å². The van der Waals surface area contributed by atoms with E-state index in [1.807, 2.05) is 6.92 Å². The van der Waals surface area contributed by atoms with Crippen molar-refractivity contribution >= 4 is 5.65 Å². The van der Waals surface area contributed by atoms with E-state index in [9.17, 15) is 5.11 Å². The van der Waals surface area contributed by atoms with Crippen molar-refractivity contribution in [2.24, 2.45) is 0 Å². The Hall–Kier alpha value is -1.49. The van der Waals surface area contributed by atoms with Crippen molar-refractivity contribution < 1.29 is 5.11 Å². The number of fused-ring (bicyclic) bond motifs is 1. The van der Waals surface area contributed by atoms with Crippen LogP contribution in [0.1, 0.15) is 31.5 Å². The number of aliphatic hydroxyl groups is 1. The fraction of sp³-hybridized carbons (Fsp3) is 0.444. The molecule has 0 aliphatic heterocycles. The minimum Gasteiger partial charge on any atom is -0.387 e. The number of hydrogen-bond donors (Lipinski definition) is 1. The largest absolute Gasteiger partial charge is 0.387 e. The lowest BCUT2D eigenvalue weighted by molar-refractivity contribution is 0.192. The molecule has 0 saturated carbocycles. The van der Waals surface area contributed by atoms with Gasteiger partial charge in [0.2, 0.25) is 0 Å². The Labute approximate surface area is 81.4 Å². The van der Waals surface area contributed by atoms with Crippen LogP contribution < -0.4 is 0 Å². The molecule has 1 atom stereocenters. The summed E-state index contributed by atoms with van der Waals surface area (Å²) < 4.78 is 1.67. The maximum atomic E-state index is 9.37. The predicted molar refractivity (Wildman–Crippen MR) is 50.8 cm³/mol. The van der Waals surface area contributed by atoms with Crippen LogP contribution in [0.25, 0.3) is 5.65 Å². The second-order valence-corrected chi connectivity index (χ2v) is 3.17. The first-order valence-corrected chi connectivity index (χ1v) is 4.61.